The predicted molar refractivity (Wildman–Crippen MR) is 84.6 cm³/mol. The van der Waals surface area contributed by atoms with Crippen molar-refractivity contribution in [2.24, 2.45) is 5.73 Å². The monoisotopic (exact) mass is 318 g/mol. The van der Waals surface area contributed by atoms with Gasteiger partial charge in [0, 0.05) is 0 Å². The predicted octanol–water partition coefficient (Wildman–Crippen LogP) is 1.37. The number of carbonyl (C=O) groups is 1. The first kappa shape index (κ1) is 16.2. The number of amides is 1. The molecule has 0 aliphatic heterocycles. The van der Waals surface area contributed by atoms with Gasteiger partial charge in [-0.15, -0.1) is 0 Å². The van der Waals surface area contributed by atoms with E-state index in [0.717, 1.165) is 11.1 Å². The van der Waals surface area contributed by atoms with Crippen LogP contribution in [0.25, 0.3) is 0 Å². The SMILES string of the molecule is Cc1ccc(S(=O)(=O)NC(Cc2ccccc2)C(N)=O)cc1. The van der Waals surface area contributed by atoms with Crippen LogP contribution in [0.4, 0.5) is 0 Å². The van der Waals surface area contributed by atoms with Gasteiger partial charge < -0.3 is 5.73 Å². The summed E-state index contributed by atoms with van der Waals surface area (Å²) in [6.07, 6.45) is 0.210. The molecule has 0 heterocycles. The molecule has 22 heavy (non-hydrogen) atoms. The van der Waals surface area contributed by atoms with E-state index in [1.54, 1.807) is 12.1 Å². The number of nitrogens with one attached hydrogen (secondary N) is 1. The van der Waals surface area contributed by atoms with Crippen LogP contribution < -0.4 is 10.5 Å². The summed E-state index contributed by atoms with van der Waals surface area (Å²) in [6, 6.07) is 14.5. The summed E-state index contributed by atoms with van der Waals surface area (Å²) in [7, 11) is -3.79. The maximum absolute atomic E-state index is 12.3. The first-order chi connectivity index (χ1) is 10.4. The largest absolute Gasteiger partial charge is 0.368 e. The Hall–Kier alpha value is -2.18. The zero-order valence-electron chi connectivity index (χ0n) is 12.2. The molecular formula is C16H18N2O3S. The lowest BCUT2D eigenvalue weighted by molar-refractivity contribution is -0.119. The van der Waals surface area contributed by atoms with Crippen LogP contribution in [0, 0.1) is 6.92 Å². The van der Waals surface area contributed by atoms with Crippen LogP contribution >= 0.6 is 0 Å². The summed E-state index contributed by atoms with van der Waals surface area (Å²) >= 11 is 0. The third-order valence-electron chi connectivity index (χ3n) is 3.25. The molecule has 0 aromatic heterocycles. The lowest BCUT2D eigenvalue weighted by atomic mass is 10.1. The Bertz CT molecular complexity index is 741. The normalized spacial score (nSPS) is 12.8. The van der Waals surface area contributed by atoms with Crippen LogP contribution in [-0.4, -0.2) is 20.4 Å². The van der Waals surface area contributed by atoms with Gasteiger partial charge in [-0.3, -0.25) is 4.79 Å². The quantitative estimate of drug-likeness (QED) is 0.843. The minimum atomic E-state index is -3.79. The summed E-state index contributed by atoms with van der Waals surface area (Å²) in [5, 5.41) is 0. The standard InChI is InChI=1S/C16H18N2O3S/c1-12-7-9-14(10-8-12)22(20,21)18-15(16(17)19)11-13-5-3-2-4-6-13/h2-10,15,18H,11H2,1H3,(H2,17,19). The molecule has 0 saturated carbocycles. The van der Waals surface area contributed by atoms with Crippen LogP contribution in [0.1, 0.15) is 11.1 Å². The summed E-state index contributed by atoms with van der Waals surface area (Å²) in [5.41, 5.74) is 7.11. The number of primary amides is 1. The fourth-order valence-corrected chi connectivity index (χ4v) is 3.23. The Morgan fingerprint density at radius 2 is 1.68 bits per heavy atom. The summed E-state index contributed by atoms with van der Waals surface area (Å²) in [4.78, 5) is 11.7. The fourth-order valence-electron chi connectivity index (χ4n) is 2.02. The number of rotatable bonds is 6. The van der Waals surface area contributed by atoms with Crippen LogP contribution in [-0.2, 0) is 21.2 Å². The van der Waals surface area contributed by atoms with E-state index in [-0.39, 0.29) is 11.3 Å². The number of aryl methyl sites for hydroxylation is 1. The fraction of sp³-hybridized carbons (Fsp3) is 0.188. The number of sulfonamides is 1. The highest BCUT2D eigenvalue weighted by molar-refractivity contribution is 7.89. The zero-order chi connectivity index (χ0) is 16.2. The maximum atomic E-state index is 12.3. The lowest BCUT2D eigenvalue weighted by Gasteiger charge is -2.16. The zero-order valence-corrected chi connectivity index (χ0v) is 13.0. The third kappa shape index (κ3) is 4.16. The number of hydrogen-bond donors (Lipinski definition) is 2. The molecule has 1 amide bonds. The van der Waals surface area contributed by atoms with E-state index in [1.165, 1.54) is 12.1 Å². The minimum Gasteiger partial charge on any atom is -0.368 e. The van der Waals surface area contributed by atoms with E-state index in [9.17, 15) is 13.2 Å². The first-order valence-electron chi connectivity index (χ1n) is 6.81. The van der Waals surface area contributed by atoms with Gasteiger partial charge >= 0.3 is 0 Å². The van der Waals surface area contributed by atoms with Gasteiger partial charge in [0.25, 0.3) is 0 Å². The Labute approximate surface area is 130 Å². The number of nitrogens with two attached hydrogens (primary N) is 1. The van der Waals surface area contributed by atoms with Crippen molar-refractivity contribution < 1.29 is 13.2 Å². The second-order valence-electron chi connectivity index (χ2n) is 5.08. The van der Waals surface area contributed by atoms with Crippen molar-refractivity contribution in [1.29, 1.82) is 0 Å². The highest BCUT2D eigenvalue weighted by Crippen LogP contribution is 2.12. The van der Waals surface area contributed by atoms with Gasteiger partial charge in [0.15, 0.2) is 0 Å². The molecule has 5 nitrogen and oxygen atoms in total. The van der Waals surface area contributed by atoms with E-state index in [4.69, 9.17) is 5.73 Å². The number of hydrogen-bond acceptors (Lipinski definition) is 3. The number of carbonyl (C=O) groups excluding carboxylic acids is 1. The van der Waals surface area contributed by atoms with Gasteiger partial charge in [-0.05, 0) is 31.0 Å². The molecule has 0 fully saturated rings. The van der Waals surface area contributed by atoms with Gasteiger partial charge in [-0.1, -0.05) is 48.0 Å². The molecule has 6 heteroatoms. The molecule has 116 valence electrons. The maximum Gasteiger partial charge on any atom is 0.241 e. The van der Waals surface area contributed by atoms with E-state index in [2.05, 4.69) is 4.72 Å². The Morgan fingerprint density at radius 1 is 1.09 bits per heavy atom. The van der Waals surface area contributed by atoms with Crippen molar-refractivity contribution in [3.8, 4) is 0 Å². The third-order valence-corrected chi connectivity index (χ3v) is 4.74. The van der Waals surface area contributed by atoms with Gasteiger partial charge in [0.1, 0.15) is 6.04 Å². The summed E-state index contributed by atoms with van der Waals surface area (Å²) in [6.45, 7) is 1.87. The first-order valence-corrected chi connectivity index (χ1v) is 8.29. The van der Waals surface area contributed by atoms with Gasteiger partial charge in [-0.2, -0.15) is 4.72 Å². The van der Waals surface area contributed by atoms with E-state index in [0.29, 0.717) is 0 Å². The van der Waals surface area contributed by atoms with E-state index < -0.39 is 22.0 Å². The van der Waals surface area contributed by atoms with Crippen LogP contribution in [0.3, 0.4) is 0 Å². The van der Waals surface area contributed by atoms with Crippen molar-refractivity contribution in [2.45, 2.75) is 24.3 Å². The van der Waals surface area contributed by atoms with Gasteiger partial charge in [0.05, 0.1) is 4.90 Å². The van der Waals surface area contributed by atoms with Crippen molar-refractivity contribution in [3.63, 3.8) is 0 Å². The summed E-state index contributed by atoms with van der Waals surface area (Å²) < 4.78 is 27.0. The molecule has 0 radical (unpaired) electrons. The van der Waals surface area contributed by atoms with Crippen LogP contribution in [0.15, 0.2) is 59.5 Å². The van der Waals surface area contributed by atoms with Crippen molar-refractivity contribution in [2.75, 3.05) is 0 Å². The molecular weight excluding hydrogens is 300 g/mol. The van der Waals surface area contributed by atoms with Crippen molar-refractivity contribution >= 4 is 15.9 Å². The highest BCUT2D eigenvalue weighted by atomic mass is 32.2. The smallest absolute Gasteiger partial charge is 0.241 e. The molecule has 3 N–H and O–H groups in total. The molecule has 0 spiro atoms. The van der Waals surface area contributed by atoms with Crippen molar-refractivity contribution in [1.82, 2.24) is 4.72 Å². The van der Waals surface area contributed by atoms with E-state index in [1.807, 2.05) is 37.3 Å². The molecule has 2 aromatic rings. The Balaban J connectivity index is 2.20. The molecule has 0 bridgehead atoms. The second-order valence-corrected chi connectivity index (χ2v) is 6.79. The minimum absolute atomic E-state index is 0.109. The van der Waals surface area contributed by atoms with Crippen molar-refractivity contribution in [3.05, 3.63) is 65.7 Å². The average Bonchev–Trinajstić information content (AvgIpc) is 2.48. The number of benzene rings is 2. The molecule has 1 atom stereocenters. The molecule has 2 rings (SSSR count). The summed E-state index contributed by atoms with van der Waals surface area (Å²) in [5.74, 6) is -0.709. The molecule has 2 aromatic carbocycles. The Kier molecular flexibility index (Phi) is 4.95. The van der Waals surface area contributed by atoms with E-state index >= 15 is 0 Å². The van der Waals surface area contributed by atoms with Crippen LogP contribution in [0.2, 0.25) is 0 Å². The second kappa shape index (κ2) is 6.72. The molecule has 0 aliphatic carbocycles. The molecule has 0 aliphatic rings. The van der Waals surface area contributed by atoms with Gasteiger partial charge in [-0.25, -0.2) is 8.42 Å². The topological polar surface area (TPSA) is 89.3 Å². The van der Waals surface area contributed by atoms with Gasteiger partial charge in [0.2, 0.25) is 15.9 Å². The average molecular weight is 318 g/mol. The molecule has 1 unspecified atom stereocenters. The highest BCUT2D eigenvalue weighted by Gasteiger charge is 2.24. The van der Waals surface area contributed by atoms with Crippen LogP contribution in [0.5, 0.6) is 0 Å². The molecule has 0 saturated heterocycles. The Morgan fingerprint density at radius 3 is 2.23 bits per heavy atom. The lowest BCUT2D eigenvalue weighted by Crippen LogP contribution is -2.45.